The molecule has 0 N–H and O–H groups in total. The summed E-state index contributed by atoms with van der Waals surface area (Å²) in [5.74, 6) is 0.113. The second-order valence-corrected chi connectivity index (χ2v) is 5.87. The van der Waals surface area contributed by atoms with E-state index in [0.29, 0.717) is 13.1 Å². The maximum atomic E-state index is 12.8. The zero-order valence-corrected chi connectivity index (χ0v) is 13.7. The first kappa shape index (κ1) is 15.4. The van der Waals surface area contributed by atoms with Gasteiger partial charge >= 0.3 is 0 Å². The fourth-order valence-electron chi connectivity index (χ4n) is 2.77. The number of nitrogens with zero attached hydrogens (tertiary/aromatic N) is 5. The number of likely N-dealkylation sites (tertiary alicyclic amines) is 1. The maximum absolute atomic E-state index is 12.8. The van der Waals surface area contributed by atoms with Gasteiger partial charge in [0.15, 0.2) is 5.78 Å². The van der Waals surface area contributed by atoms with Crippen LogP contribution < -0.4 is 0 Å². The highest BCUT2D eigenvalue weighted by molar-refractivity contribution is 6.14. The maximum Gasteiger partial charge on any atom is 0.187 e. The number of aryl methyl sites for hydroxylation is 2. The SMILES string of the molecule is CCN1C/C(=C\c2cnn(C)c2)C(=O)/C(=C/c2cnn(C)c2)C1. The van der Waals surface area contributed by atoms with Gasteiger partial charge in [-0.25, -0.2) is 0 Å². The Kier molecular flexibility index (Phi) is 4.25. The van der Waals surface area contributed by atoms with Crippen LogP contribution in [0.2, 0.25) is 0 Å². The minimum Gasteiger partial charge on any atom is -0.295 e. The van der Waals surface area contributed by atoms with Gasteiger partial charge in [-0.15, -0.1) is 0 Å². The van der Waals surface area contributed by atoms with E-state index in [2.05, 4.69) is 22.0 Å². The van der Waals surface area contributed by atoms with Crippen LogP contribution in [0.1, 0.15) is 18.1 Å². The number of likely N-dealkylation sites (N-methyl/N-ethyl adjacent to an activating group) is 1. The smallest absolute Gasteiger partial charge is 0.187 e. The number of piperidine rings is 1. The van der Waals surface area contributed by atoms with Gasteiger partial charge in [0.1, 0.15) is 0 Å². The van der Waals surface area contributed by atoms with Crippen LogP contribution in [0.25, 0.3) is 12.2 Å². The molecule has 1 fully saturated rings. The molecule has 1 aliphatic rings. The summed E-state index contributed by atoms with van der Waals surface area (Å²) in [5, 5.41) is 8.31. The van der Waals surface area contributed by atoms with E-state index in [-0.39, 0.29) is 5.78 Å². The first-order chi connectivity index (χ1) is 11.0. The van der Waals surface area contributed by atoms with Crippen LogP contribution in [-0.2, 0) is 18.9 Å². The zero-order valence-electron chi connectivity index (χ0n) is 13.7. The molecule has 0 amide bonds. The van der Waals surface area contributed by atoms with Gasteiger partial charge in [0.25, 0.3) is 0 Å². The molecule has 3 heterocycles. The lowest BCUT2D eigenvalue weighted by Gasteiger charge is -2.28. The predicted molar refractivity (Wildman–Crippen MR) is 89.5 cm³/mol. The first-order valence-electron chi connectivity index (χ1n) is 7.70. The summed E-state index contributed by atoms with van der Waals surface area (Å²) in [6, 6.07) is 0. The highest BCUT2D eigenvalue weighted by Crippen LogP contribution is 2.21. The number of Topliss-reactive ketones (excluding diaryl/α,β-unsaturated/α-hetero) is 1. The van der Waals surface area contributed by atoms with Crippen molar-refractivity contribution in [3.05, 3.63) is 47.1 Å². The zero-order chi connectivity index (χ0) is 16.4. The van der Waals surface area contributed by atoms with Crippen molar-refractivity contribution >= 4 is 17.9 Å². The number of carbonyl (C=O) groups is 1. The Bertz CT molecular complexity index is 718. The molecule has 0 saturated carbocycles. The van der Waals surface area contributed by atoms with Gasteiger partial charge in [-0.3, -0.25) is 19.1 Å². The van der Waals surface area contributed by atoms with E-state index >= 15 is 0 Å². The van der Waals surface area contributed by atoms with E-state index < -0.39 is 0 Å². The lowest BCUT2D eigenvalue weighted by Crippen LogP contribution is -2.37. The average Bonchev–Trinajstić information content (AvgIpc) is 3.11. The molecule has 3 rings (SSSR count). The minimum absolute atomic E-state index is 0.113. The van der Waals surface area contributed by atoms with Gasteiger partial charge in [-0.05, 0) is 18.7 Å². The van der Waals surface area contributed by atoms with Gasteiger partial charge in [0.05, 0.1) is 12.4 Å². The molecule has 0 radical (unpaired) electrons. The van der Waals surface area contributed by atoms with Gasteiger partial charge < -0.3 is 0 Å². The number of hydrogen-bond acceptors (Lipinski definition) is 4. The summed E-state index contributed by atoms with van der Waals surface area (Å²) in [7, 11) is 3.74. The van der Waals surface area contributed by atoms with Crippen LogP contribution in [0.15, 0.2) is 35.9 Å². The largest absolute Gasteiger partial charge is 0.295 e. The molecule has 2 aromatic heterocycles. The summed E-state index contributed by atoms with van der Waals surface area (Å²) in [6.45, 7) is 4.37. The van der Waals surface area contributed by atoms with Crippen LogP contribution in [0, 0.1) is 0 Å². The quantitative estimate of drug-likeness (QED) is 0.807. The summed E-state index contributed by atoms with van der Waals surface area (Å²) in [4.78, 5) is 15.0. The molecule has 1 saturated heterocycles. The highest BCUT2D eigenvalue weighted by Gasteiger charge is 2.25. The van der Waals surface area contributed by atoms with Crippen LogP contribution >= 0.6 is 0 Å². The van der Waals surface area contributed by atoms with Crippen molar-refractivity contribution in [1.82, 2.24) is 24.5 Å². The fourth-order valence-corrected chi connectivity index (χ4v) is 2.77. The van der Waals surface area contributed by atoms with E-state index in [0.717, 1.165) is 28.8 Å². The normalized spacial score (nSPS) is 19.9. The molecule has 0 aliphatic carbocycles. The third kappa shape index (κ3) is 3.48. The molecule has 0 atom stereocenters. The average molecular weight is 311 g/mol. The first-order valence-corrected chi connectivity index (χ1v) is 7.70. The molecule has 23 heavy (non-hydrogen) atoms. The number of hydrogen-bond donors (Lipinski definition) is 0. The van der Waals surface area contributed by atoms with Crippen LogP contribution in [0.4, 0.5) is 0 Å². The number of rotatable bonds is 3. The van der Waals surface area contributed by atoms with E-state index in [1.54, 1.807) is 21.8 Å². The van der Waals surface area contributed by atoms with Crippen LogP contribution in [0.3, 0.4) is 0 Å². The Hall–Kier alpha value is -2.47. The summed E-state index contributed by atoms with van der Waals surface area (Å²) < 4.78 is 3.48. The highest BCUT2D eigenvalue weighted by atomic mass is 16.1. The molecule has 0 spiro atoms. The molecule has 120 valence electrons. The molecular weight excluding hydrogens is 290 g/mol. The van der Waals surface area contributed by atoms with Gasteiger partial charge in [-0.1, -0.05) is 6.92 Å². The van der Waals surface area contributed by atoms with E-state index in [1.165, 1.54) is 0 Å². The van der Waals surface area contributed by atoms with Gasteiger partial charge in [-0.2, -0.15) is 10.2 Å². The van der Waals surface area contributed by atoms with E-state index in [9.17, 15) is 4.79 Å². The fraction of sp³-hybridized carbons (Fsp3) is 0.353. The molecule has 0 bridgehead atoms. The van der Waals surface area contributed by atoms with Crippen molar-refractivity contribution in [2.45, 2.75) is 6.92 Å². The summed E-state index contributed by atoms with van der Waals surface area (Å²) in [6.07, 6.45) is 11.2. The second kappa shape index (κ2) is 6.34. The van der Waals surface area contributed by atoms with Crippen LogP contribution in [0.5, 0.6) is 0 Å². The lowest BCUT2D eigenvalue weighted by atomic mass is 9.95. The number of ketones is 1. The Labute approximate surface area is 135 Å². The second-order valence-electron chi connectivity index (χ2n) is 5.87. The standard InChI is InChI=1S/C17H21N5O/c1-4-22-11-15(5-13-7-18-20(2)9-13)17(23)16(12-22)6-14-8-19-21(3)10-14/h5-10H,4,11-12H2,1-3H3/b15-5+,16-6+. The van der Waals surface area contributed by atoms with Crippen molar-refractivity contribution in [2.75, 3.05) is 19.6 Å². The van der Waals surface area contributed by atoms with E-state index in [4.69, 9.17) is 0 Å². The van der Waals surface area contributed by atoms with E-state index in [1.807, 2.05) is 38.6 Å². The Balaban J connectivity index is 1.93. The summed E-state index contributed by atoms with van der Waals surface area (Å²) >= 11 is 0. The summed E-state index contributed by atoms with van der Waals surface area (Å²) in [5.41, 5.74) is 3.52. The lowest BCUT2D eigenvalue weighted by molar-refractivity contribution is -0.113. The molecule has 1 aliphatic heterocycles. The monoisotopic (exact) mass is 311 g/mol. The number of carbonyl (C=O) groups excluding carboxylic acids is 1. The Morgan fingerprint density at radius 2 is 1.48 bits per heavy atom. The molecule has 6 nitrogen and oxygen atoms in total. The third-order valence-electron chi connectivity index (χ3n) is 3.95. The molecular formula is C17H21N5O. The number of aromatic nitrogens is 4. The van der Waals surface area contributed by atoms with Crippen LogP contribution in [-0.4, -0.2) is 49.9 Å². The molecule has 2 aromatic rings. The van der Waals surface area contributed by atoms with Crippen molar-refractivity contribution in [3.8, 4) is 0 Å². The van der Waals surface area contributed by atoms with Gasteiger partial charge in [0, 0.05) is 61.9 Å². The van der Waals surface area contributed by atoms with Crippen molar-refractivity contribution < 1.29 is 4.79 Å². The topological polar surface area (TPSA) is 56.0 Å². The minimum atomic E-state index is 0.113. The van der Waals surface area contributed by atoms with Crippen molar-refractivity contribution in [1.29, 1.82) is 0 Å². The predicted octanol–water partition coefficient (Wildman–Crippen LogP) is 1.53. The Morgan fingerprint density at radius 1 is 1.00 bits per heavy atom. The Morgan fingerprint density at radius 3 is 1.83 bits per heavy atom. The van der Waals surface area contributed by atoms with Gasteiger partial charge in [0.2, 0.25) is 0 Å². The third-order valence-corrected chi connectivity index (χ3v) is 3.95. The molecule has 0 unspecified atom stereocenters. The van der Waals surface area contributed by atoms with Crippen molar-refractivity contribution in [3.63, 3.8) is 0 Å². The molecule has 0 aromatic carbocycles. The van der Waals surface area contributed by atoms with Crippen molar-refractivity contribution in [2.24, 2.45) is 14.1 Å². The molecule has 6 heteroatoms.